The second kappa shape index (κ2) is 3.04. The zero-order chi connectivity index (χ0) is 9.42. The first-order valence-corrected chi connectivity index (χ1v) is 4.82. The number of nitrogens with two attached hydrogens (primary N) is 1. The van der Waals surface area contributed by atoms with Gasteiger partial charge in [0.1, 0.15) is 0 Å². The van der Waals surface area contributed by atoms with Crippen LogP contribution in [-0.2, 0) is 6.42 Å². The van der Waals surface area contributed by atoms with Crippen molar-refractivity contribution in [3.63, 3.8) is 0 Å². The molecule has 1 aromatic carbocycles. The Kier molecular flexibility index (Phi) is 2.00. The van der Waals surface area contributed by atoms with Gasteiger partial charge in [-0.05, 0) is 23.6 Å². The van der Waals surface area contributed by atoms with Crippen molar-refractivity contribution < 1.29 is 0 Å². The van der Waals surface area contributed by atoms with Gasteiger partial charge in [0.05, 0.1) is 0 Å². The summed E-state index contributed by atoms with van der Waals surface area (Å²) in [6, 6.07) is 6.81. The molecule has 0 amide bonds. The minimum absolute atomic E-state index is 0.200. The number of rotatable bonds is 1. The van der Waals surface area contributed by atoms with Gasteiger partial charge < -0.3 is 10.6 Å². The second-order valence-electron chi connectivity index (χ2n) is 3.73. The fourth-order valence-corrected chi connectivity index (χ4v) is 1.96. The quantitative estimate of drug-likeness (QED) is 0.705. The predicted octanol–water partition coefficient (Wildman–Crippen LogP) is 1.70. The fraction of sp³-hybridized carbons (Fsp3) is 0.455. The summed E-state index contributed by atoms with van der Waals surface area (Å²) < 4.78 is 0. The highest BCUT2D eigenvalue weighted by Gasteiger charge is 2.22. The molecule has 1 aliphatic heterocycles. The Morgan fingerprint density at radius 3 is 3.00 bits per heavy atom. The van der Waals surface area contributed by atoms with E-state index < -0.39 is 0 Å². The summed E-state index contributed by atoms with van der Waals surface area (Å²) in [5.41, 5.74) is 10.0. The monoisotopic (exact) mass is 176 g/mol. The van der Waals surface area contributed by atoms with Crippen LogP contribution >= 0.6 is 0 Å². The lowest BCUT2D eigenvalue weighted by Gasteiger charge is -2.11. The van der Waals surface area contributed by atoms with Crippen LogP contribution in [0.3, 0.4) is 0 Å². The number of hydrogen-bond donors (Lipinski definition) is 1. The summed E-state index contributed by atoms with van der Waals surface area (Å²) in [5, 5.41) is 0. The van der Waals surface area contributed by atoms with Gasteiger partial charge in [-0.3, -0.25) is 0 Å². The van der Waals surface area contributed by atoms with Gasteiger partial charge in [0.25, 0.3) is 0 Å². The smallest absolute Gasteiger partial charge is 0.0493 e. The number of nitrogens with zero attached hydrogens (tertiary/aromatic N) is 1. The molecule has 0 aliphatic carbocycles. The van der Waals surface area contributed by atoms with E-state index >= 15 is 0 Å². The minimum atomic E-state index is 0.200. The van der Waals surface area contributed by atoms with Crippen molar-refractivity contribution in [1.82, 2.24) is 0 Å². The number of likely N-dealkylation sites (N-methyl/N-ethyl adjacent to an activating group) is 1. The van der Waals surface area contributed by atoms with Crippen LogP contribution in [0.4, 0.5) is 5.69 Å². The lowest BCUT2D eigenvalue weighted by molar-refractivity contribution is 0.760. The topological polar surface area (TPSA) is 29.3 Å². The van der Waals surface area contributed by atoms with Crippen LogP contribution in [0.5, 0.6) is 0 Å². The number of benzene rings is 1. The molecule has 2 heteroatoms. The van der Waals surface area contributed by atoms with E-state index in [9.17, 15) is 0 Å². The largest absolute Gasteiger partial charge is 0.372 e. The van der Waals surface area contributed by atoms with Crippen LogP contribution < -0.4 is 10.6 Å². The molecule has 0 radical (unpaired) electrons. The highest BCUT2D eigenvalue weighted by Crippen LogP contribution is 2.32. The average molecular weight is 176 g/mol. The molecule has 0 bridgehead atoms. The molecule has 1 unspecified atom stereocenters. The Morgan fingerprint density at radius 2 is 2.31 bits per heavy atom. The van der Waals surface area contributed by atoms with E-state index in [-0.39, 0.29) is 6.04 Å². The Balaban J connectivity index is 2.46. The van der Waals surface area contributed by atoms with Gasteiger partial charge in [-0.25, -0.2) is 0 Å². The van der Waals surface area contributed by atoms with Crippen molar-refractivity contribution in [2.24, 2.45) is 5.73 Å². The van der Waals surface area contributed by atoms with Crippen LogP contribution in [0.1, 0.15) is 24.1 Å². The van der Waals surface area contributed by atoms with Crippen LogP contribution in [0.2, 0.25) is 0 Å². The third-order valence-electron chi connectivity index (χ3n) is 2.78. The van der Waals surface area contributed by atoms with Gasteiger partial charge in [0.2, 0.25) is 0 Å². The van der Waals surface area contributed by atoms with Gasteiger partial charge in [0, 0.05) is 25.3 Å². The van der Waals surface area contributed by atoms with Crippen LogP contribution in [-0.4, -0.2) is 13.6 Å². The lowest BCUT2D eigenvalue weighted by atomic mass is 10.0. The maximum atomic E-state index is 6.02. The molecule has 2 rings (SSSR count). The standard InChI is InChI=1S/C11H16N2/c1-3-8-4-5-11-9(6-8)10(12)7-13(11)2/h4-6,10H,3,7,12H2,1-2H3. The molecule has 0 aromatic heterocycles. The molecule has 1 atom stereocenters. The average Bonchev–Trinajstić information content (AvgIpc) is 2.42. The van der Waals surface area contributed by atoms with E-state index in [2.05, 4.69) is 37.1 Å². The number of fused-ring (bicyclic) bond motifs is 1. The maximum Gasteiger partial charge on any atom is 0.0493 e. The highest BCUT2D eigenvalue weighted by molar-refractivity contribution is 5.60. The molecule has 0 saturated heterocycles. The molecule has 1 heterocycles. The van der Waals surface area contributed by atoms with Crippen molar-refractivity contribution >= 4 is 5.69 Å². The predicted molar refractivity (Wildman–Crippen MR) is 56.0 cm³/mol. The van der Waals surface area contributed by atoms with E-state index in [4.69, 9.17) is 5.73 Å². The van der Waals surface area contributed by atoms with E-state index in [0.717, 1.165) is 13.0 Å². The van der Waals surface area contributed by atoms with E-state index in [1.54, 1.807) is 0 Å². The summed E-state index contributed by atoms with van der Waals surface area (Å²) in [5.74, 6) is 0. The summed E-state index contributed by atoms with van der Waals surface area (Å²) in [7, 11) is 2.09. The van der Waals surface area contributed by atoms with Crippen molar-refractivity contribution in [2.45, 2.75) is 19.4 Å². The van der Waals surface area contributed by atoms with Gasteiger partial charge >= 0.3 is 0 Å². The number of anilines is 1. The molecule has 1 aliphatic rings. The van der Waals surface area contributed by atoms with Gasteiger partial charge in [-0.1, -0.05) is 19.1 Å². The van der Waals surface area contributed by atoms with E-state index in [1.807, 2.05) is 0 Å². The van der Waals surface area contributed by atoms with E-state index in [1.165, 1.54) is 16.8 Å². The van der Waals surface area contributed by atoms with Gasteiger partial charge in [0.15, 0.2) is 0 Å². The van der Waals surface area contributed by atoms with Crippen LogP contribution in [0.15, 0.2) is 18.2 Å². The molecule has 1 aromatic rings. The van der Waals surface area contributed by atoms with Crippen molar-refractivity contribution in [3.8, 4) is 0 Å². The number of aryl methyl sites for hydroxylation is 1. The first-order valence-electron chi connectivity index (χ1n) is 4.82. The maximum absolute atomic E-state index is 6.02. The molecule has 2 nitrogen and oxygen atoms in total. The third-order valence-corrected chi connectivity index (χ3v) is 2.78. The molecule has 70 valence electrons. The number of hydrogen-bond acceptors (Lipinski definition) is 2. The normalized spacial score (nSPS) is 20.5. The zero-order valence-corrected chi connectivity index (χ0v) is 8.25. The first-order chi connectivity index (χ1) is 6.22. The minimum Gasteiger partial charge on any atom is -0.372 e. The van der Waals surface area contributed by atoms with Gasteiger partial charge in [-0.2, -0.15) is 0 Å². The van der Waals surface area contributed by atoms with Crippen LogP contribution in [0, 0.1) is 0 Å². The van der Waals surface area contributed by atoms with Crippen LogP contribution in [0.25, 0.3) is 0 Å². The molecule has 0 saturated carbocycles. The summed E-state index contributed by atoms with van der Waals surface area (Å²) in [4.78, 5) is 2.22. The summed E-state index contributed by atoms with van der Waals surface area (Å²) in [6.07, 6.45) is 1.09. The second-order valence-corrected chi connectivity index (χ2v) is 3.73. The SMILES string of the molecule is CCc1ccc2c(c1)C(N)CN2C. The molecular weight excluding hydrogens is 160 g/mol. The van der Waals surface area contributed by atoms with Crippen molar-refractivity contribution in [3.05, 3.63) is 29.3 Å². The first kappa shape index (κ1) is 8.57. The molecular formula is C11H16N2. The van der Waals surface area contributed by atoms with Gasteiger partial charge in [-0.15, -0.1) is 0 Å². The Bertz CT molecular complexity index is 320. The summed E-state index contributed by atoms with van der Waals surface area (Å²) in [6.45, 7) is 3.12. The molecule has 2 N–H and O–H groups in total. The Morgan fingerprint density at radius 1 is 1.54 bits per heavy atom. The summed E-state index contributed by atoms with van der Waals surface area (Å²) >= 11 is 0. The van der Waals surface area contributed by atoms with Crippen molar-refractivity contribution in [1.29, 1.82) is 0 Å². The molecule has 0 spiro atoms. The molecule has 13 heavy (non-hydrogen) atoms. The molecule has 0 fully saturated rings. The fourth-order valence-electron chi connectivity index (χ4n) is 1.96. The highest BCUT2D eigenvalue weighted by atomic mass is 15.1. The Hall–Kier alpha value is -1.02. The lowest BCUT2D eigenvalue weighted by Crippen LogP contribution is -2.19. The zero-order valence-electron chi connectivity index (χ0n) is 8.25. The third kappa shape index (κ3) is 1.31. The Labute approximate surface area is 79.4 Å². The van der Waals surface area contributed by atoms with Crippen molar-refractivity contribution in [2.75, 3.05) is 18.5 Å². The van der Waals surface area contributed by atoms with E-state index in [0.29, 0.717) is 0 Å².